The first-order chi connectivity index (χ1) is 14.0. The molecule has 1 atom stereocenters. The SMILES string of the molecule is CCCCN1C(=O)C(=O)/C(=C(/O)c2ccccc2)C1c1cn(C)c2ccccc12. The third kappa shape index (κ3) is 3.12. The average Bonchev–Trinajstić information content (AvgIpc) is 3.21. The number of aliphatic hydroxyl groups is 1. The quantitative estimate of drug-likeness (QED) is 0.400. The van der Waals surface area contributed by atoms with Crippen molar-refractivity contribution in [2.24, 2.45) is 7.05 Å². The van der Waals surface area contributed by atoms with Crippen LogP contribution in [0.15, 0.2) is 66.4 Å². The molecule has 1 aliphatic heterocycles. The van der Waals surface area contributed by atoms with E-state index in [-0.39, 0.29) is 11.3 Å². The molecule has 4 rings (SSSR count). The highest BCUT2D eigenvalue weighted by molar-refractivity contribution is 6.46. The number of hydrogen-bond acceptors (Lipinski definition) is 3. The fourth-order valence-electron chi connectivity index (χ4n) is 4.10. The number of aromatic nitrogens is 1. The molecule has 2 heterocycles. The smallest absolute Gasteiger partial charge is 0.295 e. The minimum absolute atomic E-state index is 0.124. The largest absolute Gasteiger partial charge is 0.507 e. The van der Waals surface area contributed by atoms with Crippen LogP contribution in [0.4, 0.5) is 0 Å². The van der Waals surface area contributed by atoms with Gasteiger partial charge in [0.1, 0.15) is 5.76 Å². The molecule has 0 bridgehead atoms. The molecule has 5 heteroatoms. The molecule has 1 saturated heterocycles. The van der Waals surface area contributed by atoms with Gasteiger partial charge in [-0.05, 0) is 12.5 Å². The lowest BCUT2D eigenvalue weighted by atomic mass is 9.95. The van der Waals surface area contributed by atoms with Crippen LogP contribution >= 0.6 is 0 Å². The molecule has 3 aromatic rings. The highest BCUT2D eigenvalue weighted by Gasteiger charge is 2.46. The number of unbranched alkanes of at least 4 members (excludes halogenated alkanes) is 1. The van der Waals surface area contributed by atoms with E-state index in [1.54, 1.807) is 29.2 Å². The highest BCUT2D eigenvalue weighted by atomic mass is 16.3. The number of nitrogens with zero attached hydrogens (tertiary/aromatic N) is 2. The molecule has 1 unspecified atom stereocenters. The lowest BCUT2D eigenvalue weighted by Crippen LogP contribution is -2.30. The van der Waals surface area contributed by atoms with Gasteiger partial charge in [0.15, 0.2) is 0 Å². The Morgan fingerprint density at radius 1 is 1.03 bits per heavy atom. The van der Waals surface area contributed by atoms with E-state index >= 15 is 0 Å². The molecule has 0 radical (unpaired) electrons. The summed E-state index contributed by atoms with van der Waals surface area (Å²) in [7, 11) is 1.95. The van der Waals surface area contributed by atoms with Crippen LogP contribution in [0, 0.1) is 0 Å². The lowest BCUT2D eigenvalue weighted by Gasteiger charge is -2.24. The summed E-state index contributed by atoms with van der Waals surface area (Å²) in [5, 5.41) is 12.0. The molecule has 5 nitrogen and oxygen atoms in total. The molecular weight excluding hydrogens is 364 g/mol. The predicted molar refractivity (Wildman–Crippen MR) is 113 cm³/mol. The van der Waals surface area contributed by atoms with E-state index in [2.05, 4.69) is 0 Å². The molecule has 1 fully saturated rings. The molecule has 0 spiro atoms. The zero-order valence-electron chi connectivity index (χ0n) is 16.6. The van der Waals surface area contributed by atoms with Crippen molar-refractivity contribution >= 4 is 28.4 Å². The molecule has 0 saturated carbocycles. The monoisotopic (exact) mass is 388 g/mol. The third-order valence-electron chi connectivity index (χ3n) is 5.56. The van der Waals surface area contributed by atoms with Gasteiger partial charge in [0.2, 0.25) is 0 Å². The number of benzene rings is 2. The molecule has 2 aromatic carbocycles. The van der Waals surface area contributed by atoms with Gasteiger partial charge in [-0.2, -0.15) is 0 Å². The van der Waals surface area contributed by atoms with Crippen molar-refractivity contribution in [3.63, 3.8) is 0 Å². The normalized spacial score (nSPS) is 18.7. The summed E-state index contributed by atoms with van der Waals surface area (Å²) < 4.78 is 1.99. The summed E-state index contributed by atoms with van der Waals surface area (Å²) in [5.41, 5.74) is 2.57. The summed E-state index contributed by atoms with van der Waals surface area (Å²) in [6.07, 6.45) is 3.65. The van der Waals surface area contributed by atoms with Crippen molar-refractivity contribution in [3.05, 3.63) is 77.5 Å². The van der Waals surface area contributed by atoms with E-state index in [4.69, 9.17) is 0 Å². The molecule has 29 heavy (non-hydrogen) atoms. The lowest BCUT2D eigenvalue weighted by molar-refractivity contribution is -0.139. The van der Waals surface area contributed by atoms with Crippen molar-refractivity contribution in [1.82, 2.24) is 9.47 Å². The summed E-state index contributed by atoms with van der Waals surface area (Å²) in [6.45, 7) is 2.52. The number of fused-ring (bicyclic) bond motifs is 1. The number of rotatable bonds is 5. The van der Waals surface area contributed by atoms with Crippen LogP contribution in [-0.2, 0) is 16.6 Å². The van der Waals surface area contributed by atoms with Gasteiger partial charge in [-0.15, -0.1) is 0 Å². The number of para-hydroxylation sites is 1. The first-order valence-corrected chi connectivity index (χ1v) is 9.92. The van der Waals surface area contributed by atoms with Crippen LogP contribution in [-0.4, -0.2) is 32.8 Å². The van der Waals surface area contributed by atoms with Gasteiger partial charge in [0, 0.05) is 41.8 Å². The van der Waals surface area contributed by atoms with E-state index in [9.17, 15) is 14.7 Å². The zero-order chi connectivity index (χ0) is 20.5. The summed E-state index contributed by atoms with van der Waals surface area (Å²) >= 11 is 0. The van der Waals surface area contributed by atoms with Gasteiger partial charge in [0.25, 0.3) is 11.7 Å². The number of ketones is 1. The Hall–Kier alpha value is -3.34. The highest BCUT2D eigenvalue weighted by Crippen LogP contribution is 2.42. The van der Waals surface area contributed by atoms with Crippen LogP contribution in [0.2, 0.25) is 0 Å². The average molecular weight is 388 g/mol. The Balaban J connectivity index is 1.96. The Bertz CT molecular complexity index is 1110. The summed E-state index contributed by atoms with van der Waals surface area (Å²) in [5.74, 6) is -1.30. The minimum atomic E-state index is -0.625. The van der Waals surface area contributed by atoms with Gasteiger partial charge in [-0.1, -0.05) is 61.9 Å². The Morgan fingerprint density at radius 3 is 2.45 bits per heavy atom. The van der Waals surface area contributed by atoms with Crippen molar-refractivity contribution in [2.75, 3.05) is 6.54 Å². The van der Waals surface area contributed by atoms with Gasteiger partial charge in [0.05, 0.1) is 11.6 Å². The molecule has 148 valence electrons. The van der Waals surface area contributed by atoms with Crippen molar-refractivity contribution in [2.45, 2.75) is 25.8 Å². The van der Waals surface area contributed by atoms with Crippen LogP contribution in [0.3, 0.4) is 0 Å². The van der Waals surface area contributed by atoms with Gasteiger partial charge >= 0.3 is 0 Å². The molecular formula is C24H24N2O3. The van der Waals surface area contributed by atoms with Gasteiger partial charge in [-0.3, -0.25) is 9.59 Å². The zero-order valence-corrected chi connectivity index (χ0v) is 16.6. The maximum atomic E-state index is 13.0. The third-order valence-corrected chi connectivity index (χ3v) is 5.56. The fourth-order valence-corrected chi connectivity index (χ4v) is 4.10. The molecule has 0 aliphatic carbocycles. The van der Waals surface area contributed by atoms with E-state index in [0.717, 1.165) is 29.3 Å². The fraction of sp³-hybridized carbons (Fsp3) is 0.250. The second-order valence-corrected chi connectivity index (χ2v) is 7.42. The van der Waals surface area contributed by atoms with Gasteiger partial charge < -0.3 is 14.6 Å². The number of amides is 1. The van der Waals surface area contributed by atoms with Crippen LogP contribution in [0.1, 0.15) is 36.9 Å². The van der Waals surface area contributed by atoms with Gasteiger partial charge in [-0.25, -0.2) is 0 Å². The van der Waals surface area contributed by atoms with Crippen molar-refractivity contribution < 1.29 is 14.7 Å². The van der Waals surface area contributed by atoms with E-state index in [1.165, 1.54) is 0 Å². The molecule has 1 amide bonds. The number of hydrogen-bond donors (Lipinski definition) is 1. The van der Waals surface area contributed by atoms with Crippen LogP contribution in [0.5, 0.6) is 0 Å². The number of aliphatic hydroxyl groups excluding tert-OH is 1. The van der Waals surface area contributed by atoms with E-state index < -0.39 is 17.7 Å². The number of carbonyl (C=O) groups is 2. The molecule has 1 aliphatic rings. The van der Waals surface area contributed by atoms with E-state index in [0.29, 0.717) is 12.1 Å². The first-order valence-electron chi connectivity index (χ1n) is 9.92. The Kier molecular flexibility index (Phi) is 4.97. The first kappa shape index (κ1) is 19.0. The number of carbonyl (C=O) groups excluding carboxylic acids is 2. The summed E-state index contributed by atoms with van der Waals surface area (Å²) in [6, 6.07) is 16.2. The molecule has 1 N–H and O–H groups in total. The van der Waals surface area contributed by atoms with Crippen molar-refractivity contribution in [1.29, 1.82) is 0 Å². The second kappa shape index (κ2) is 7.59. The van der Waals surface area contributed by atoms with Crippen molar-refractivity contribution in [3.8, 4) is 0 Å². The number of aryl methyl sites for hydroxylation is 1. The minimum Gasteiger partial charge on any atom is -0.507 e. The standard InChI is InChI=1S/C24H24N2O3/c1-3-4-14-26-21(18-15-25(2)19-13-9-8-12-17(18)19)20(23(28)24(26)29)22(27)16-10-6-5-7-11-16/h5-13,15,21,27H,3-4,14H2,1-2H3/b22-20+. The predicted octanol–water partition coefficient (Wildman–Crippen LogP) is 4.40. The Morgan fingerprint density at radius 2 is 1.72 bits per heavy atom. The maximum Gasteiger partial charge on any atom is 0.295 e. The molecule has 1 aromatic heterocycles. The van der Waals surface area contributed by atoms with E-state index in [1.807, 2.05) is 55.1 Å². The maximum absolute atomic E-state index is 13.0. The second-order valence-electron chi connectivity index (χ2n) is 7.42. The summed E-state index contributed by atoms with van der Waals surface area (Å²) in [4.78, 5) is 27.5. The topological polar surface area (TPSA) is 62.5 Å². The number of likely N-dealkylation sites (tertiary alicyclic amines) is 1. The van der Waals surface area contributed by atoms with Crippen LogP contribution in [0.25, 0.3) is 16.7 Å². The Labute approximate surface area is 169 Å². The number of Topliss-reactive ketones (excluding diaryl/α,β-unsaturated/α-hetero) is 1. The van der Waals surface area contributed by atoms with Crippen LogP contribution < -0.4 is 0 Å².